The van der Waals surface area contributed by atoms with Crippen LogP contribution in [-0.4, -0.2) is 42.8 Å². The van der Waals surface area contributed by atoms with Crippen LogP contribution in [0.4, 0.5) is 0 Å². The number of piperidine rings is 1. The number of hydrogen-bond donors (Lipinski definition) is 2. The third-order valence-corrected chi connectivity index (χ3v) is 4.30. The number of rotatable bonds is 5. The van der Waals surface area contributed by atoms with Crippen LogP contribution in [0.25, 0.3) is 0 Å². The summed E-state index contributed by atoms with van der Waals surface area (Å²) in [5.74, 6) is 0.403. The molecule has 1 aliphatic rings. The summed E-state index contributed by atoms with van der Waals surface area (Å²) < 4.78 is 0. The van der Waals surface area contributed by atoms with Crippen LogP contribution in [0, 0.1) is 0 Å². The average molecular weight is 351 g/mol. The van der Waals surface area contributed by atoms with Crippen molar-refractivity contribution in [1.29, 1.82) is 0 Å². The summed E-state index contributed by atoms with van der Waals surface area (Å²) >= 11 is 6.20. The second-order valence-corrected chi connectivity index (χ2v) is 6.09. The fraction of sp³-hybridized carbons (Fsp3) is 0.471. The van der Waals surface area contributed by atoms with Gasteiger partial charge in [-0.2, -0.15) is 0 Å². The summed E-state index contributed by atoms with van der Waals surface area (Å²) in [6, 6.07) is 7.60. The molecule has 1 atom stereocenters. The lowest BCUT2D eigenvalue weighted by atomic mass is 10.1. The van der Waals surface area contributed by atoms with Crippen molar-refractivity contribution >= 4 is 29.4 Å². The Morgan fingerprint density at radius 1 is 1.29 bits per heavy atom. The van der Waals surface area contributed by atoms with Gasteiger partial charge in [0.05, 0.1) is 6.04 Å². The van der Waals surface area contributed by atoms with Crippen molar-refractivity contribution in [2.75, 3.05) is 20.1 Å². The Morgan fingerprint density at radius 3 is 2.58 bits per heavy atom. The van der Waals surface area contributed by atoms with Gasteiger partial charge in [-0.3, -0.25) is 19.5 Å². The second kappa shape index (κ2) is 8.68. The summed E-state index contributed by atoms with van der Waals surface area (Å²) in [5.41, 5.74) is 0.975. The van der Waals surface area contributed by atoms with Gasteiger partial charge >= 0.3 is 0 Å². The number of nitrogens with one attached hydrogen (secondary N) is 2. The highest BCUT2D eigenvalue weighted by atomic mass is 35.5. The third kappa shape index (κ3) is 4.71. The lowest BCUT2D eigenvalue weighted by Gasteiger charge is -2.25. The van der Waals surface area contributed by atoms with Crippen LogP contribution in [0.5, 0.6) is 0 Å². The lowest BCUT2D eigenvalue weighted by Crippen LogP contribution is -2.46. The summed E-state index contributed by atoms with van der Waals surface area (Å²) in [6.45, 7) is 2.79. The van der Waals surface area contributed by atoms with E-state index in [9.17, 15) is 9.59 Å². The van der Waals surface area contributed by atoms with Crippen molar-refractivity contribution in [2.45, 2.75) is 32.2 Å². The molecule has 0 aliphatic carbocycles. The van der Waals surface area contributed by atoms with E-state index in [1.54, 1.807) is 7.05 Å². The van der Waals surface area contributed by atoms with E-state index in [4.69, 9.17) is 11.6 Å². The highest BCUT2D eigenvalue weighted by Gasteiger charge is 2.25. The molecule has 1 fully saturated rings. The van der Waals surface area contributed by atoms with Crippen LogP contribution in [0.15, 0.2) is 29.3 Å². The van der Waals surface area contributed by atoms with Crippen LogP contribution in [-0.2, 0) is 9.59 Å². The summed E-state index contributed by atoms with van der Waals surface area (Å²) in [7, 11) is 1.67. The first kappa shape index (κ1) is 18.3. The van der Waals surface area contributed by atoms with Crippen molar-refractivity contribution in [3.63, 3.8) is 0 Å². The van der Waals surface area contributed by atoms with Gasteiger partial charge in [0, 0.05) is 38.0 Å². The van der Waals surface area contributed by atoms with Crippen molar-refractivity contribution in [1.82, 2.24) is 15.5 Å². The molecule has 7 heteroatoms. The van der Waals surface area contributed by atoms with Gasteiger partial charge in [0.25, 0.3) is 0 Å². The summed E-state index contributed by atoms with van der Waals surface area (Å²) in [4.78, 5) is 29.0. The zero-order valence-corrected chi connectivity index (χ0v) is 14.8. The highest BCUT2D eigenvalue weighted by molar-refractivity contribution is 6.31. The van der Waals surface area contributed by atoms with Gasteiger partial charge in [-0.1, -0.05) is 29.8 Å². The molecule has 1 aromatic carbocycles. The van der Waals surface area contributed by atoms with Crippen LogP contribution in [0.2, 0.25) is 5.02 Å². The van der Waals surface area contributed by atoms with Crippen LogP contribution in [0.3, 0.4) is 0 Å². The van der Waals surface area contributed by atoms with Crippen LogP contribution < -0.4 is 10.6 Å². The summed E-state index contributed by atoms with van der Waals surface area (Å²) in [5, 5.41) is 7.07. The van der Waals surface area contributed by atoms with Crippen molar-refractivity contribution in [2.24, 2.45) is 4.99 Å². The molecule has 2 rings (SSSR count). The second-order valence-electron chi connectivity index (χ2n) is 5.68. The van der Waals surface area contributed by atoms with E-state index in [0.29, 0.717) is 43.3 Å². The van der Waals surface area contributed by atoms with Crippen molar-refractivity contribution < 1.29 is 9.59 Å². The first-order chi connectivity index (χ1) is 11.5. The van der Waals surface area contributed by atoms with Crippen LogP contribution in [0.1, 0.15) is 37.8 Å². The maximum Gasteiger partial charge on any atom is 0.229 e. The zero-order valence-electron chi connectivity index (χ0n) is 14.0. The first-order valence-electron chi connectivity index (χ1n) is 8.07. The molecule has 6 nitrogen and oxygen atoms in total. The first-order valence-corrected chi connectivity index (χ1v) is 8.45. The number of aliphatic imine (C=N–C) groups is 1. The molecule has 2 amide bonds. The molecule has 0 radical (unpaired) electrons. The smallest absolute Gasteiger partial charge is 0.229 e. The van der Waals surface area contributed by atoms with Gasteiger partial charge in [0.1, 0.15) is 0 Å². The molecule has 1 heterocycles. The molecule has 0 aromatic heterocycles. The van der Waals surface area contributed by atoms with E-state index < -0.39 is 0 Å². The monoisotopic (exact) mass is 350 g/mol. The molecular formula is C17H23ClN4O2. The van der Waals surface area contributed by atoms with Crippen molar-refractivity contribution in [3.8, 4) is 0 Å². The van der Waals surface area contributed by atoms with Gasteiger partial charge in [-0.15, -0.1) is 0 Å². The van der Waals surface area contributed by atoms with Crippen molar-refractivity contribution in [3.05, 3.63) is 34.9 Å². The number of hydrogen-bond acceptors (Lipinski definition) is 3. The standard InChI is InChI=1S/C17H23ClN4O2/c1-12(13-6-3-4-7-14(13)18)21-17(19-2)20-10-11-22-15(23)8-5-9-16(22)24/h3-4,6-7,12H,5,8-11H2,1-2H3,(H2,19,20,21). The predicted octanol–water partition coefficient (Wildman–Crippen LogP) is 2.11. The Bertz CT molecular complexity index is 617. The molecule has 1 aromatic rings. The molecule has 1 unspecified atom stereocenters. The fourth-order valence-electron chi connectivity index (χ4n) is 2.64. The molecule has 1 aliphatic heterocycles. The Kier molecular flexibility index (Phi) is 6.61. The molecule has 2 N–H and O–H groups in total. The quantitative estimate of drug-likeness (QED) is 0.484. The molecule has 130 valence electrons. The third-order valence-electron chi connectivity index (χ3n) is 3.96. The Hall–Kier alpha value is -2.08. The van der Waals surface area contributed by atoms with E-state index in [1.165, 1.54) is 4.90 Å². The Balaban J connectivity index is 1.85. The van der Waals surface area contributed by atoms with Gasteiger partial charge in [-0.25, -0.2) is 0 Å². The number of carbonyl (C=O) groups excluding carboxylic acids is 2. The van der Waals surface area contributed by atoms with E-state index in [2.05, 4.69) is 15.6 Å². The number of imide groups is 1. The topological polar surface area (TPSA) is 73.8 Å². The Morgan fingerprint density at radius 2 is 1.96 bits per heavy atom. The largest absolute Gasteiger partial charge is 0.355 e. The Labute approximate surface area is 147 Å². The zero-order chi connectivity index (χ0) is 17.5. The fourth-order valence-corrected chi connectivity index (χ4v) is 2.94. The molecule has 0 saturated carbocycles. The average Bonchev–Trinajstić information content (AvgIpc) is 2.56. The number of benzene rings is 1. The molecular weight excluding hydrogens is 328 g/mol. The molecule has 0 spiro atoms. The van der Waals surface area contributed by atoms with E-state index >= 15 is 0 Å². The minimum Gasteiger partial charge on any atom is -0.355 e. The number of amides is 2. The van der Waals surface area contributed by atoms with E-state index in [1.807, 2.05) is 31.2 Å². The summed E-state index contributed by atoms with van der Waals surface area (Å²) in [6.07, 6.45) is 1.55. The molecule has 0 bridgehead atoms. The molecule has 24 heavy (non-hydrogen) atoms. The molecule has 1 saturated heterocycles. The number of likely N-dealkylation sites (tertiary alicyclic amines) is 1. The van der Waals surface area contributed by atoms with E-state index in [0.717, 1.165) is 5.56 Å². The number of guanidine groups is 1. The van der Waals surface area contributed by atoms with Gasteiger partial charge in [-0.05, 0) is 25.0 Å². The minimum atomic E-state index is -0.0968. The van der Waals surface area contributed by atoms with Gasteiger partial charge in [0.2, 0.25) is 11.8 Å². The highest BCUT2D eigenvalue weighted by Crippen LogP contribution is 2.21. The van der Waals surface area contributed by atoms with Crippen LogP contribution >= 0.6 is 11.6 Å². The van der Waals surface area contributed by atoms with E-state index in [-0.39, 0.29) is 17.9 Å². The van der Waals surface area contributed by atoms with Gasteiger partial charge < -0.3 is 10.6 Å². The maximum atomic E-state index is 11.8. The number of halogens is 1. The number of nitrogens with zero attached hydrogens (tertiary/aromatic N) is 2. The predicted molar refractivity (Wildman–Crippen MR) is 94.9 cm³/mol. The van der Waals surface area contributed by atoms with Gasteiger partial charge in [0.15, 0.2) is 5.96 Å². The minimum absolute atomic E-state index is 0.0249. The lowest BCUT2D eigenvalue weighted by molar-refractivity contribution is -0.147. The number of carbonyl (C=O) groups is 2. The SMILES string of the molecule is CN=C(NCCN1C(=O)CCCC1=O)NC(C)c1ccccc1Cl. The normalized spacial score (nSPS) is 17.0. The maximum absolute atomic E-state index is 11.8.